The summed E-state index contributed by atoms with van der Waals surface area (Å²) in [6.45, 7) is 4.20. The molecule has 0 saturated heterocycles. The van der Waals surface area contributed by atoms with Crippen LogP contribution < -0.4 is 0 Å². The highest BCUT2D eigenvalue weighted by Crippen LogP contribution is 2.17. The lowest BCUT2D eigenvalue weighted by molar-refractivity contribution is 0.331. The van der Waals surface area contributed by atoms with E-state index < -0.39 is 0 Å². The van der Waals surface area contributed by atoms with Crippen LogP contribution in [0.15, 0.2) is 41.5 Å². The number of halogens is 1. The molecule has 1 rings (SSSR count). The summed E-state index contributed by atoms with van der Waals surface area (Å²) in [4.78, 5) is 0. The molecule has 20 heavy (non-hydrogen) atoms. The summed E-state index contributed by atoms with van der Waals surface area (Å²) in [6.07, 6.45) is 9.96. The first kappa shape index (κ1) is 16.6. The Morgan fingerprint density at radius 2 is 1.85 bits per heavy atom. The molecular formula is C18H25FO. The molecule has 0 atom stereocenters. The normalized spacial score (nSPS) is 12.8. The Hall–Kier alpha value is -1.41. The lowest BCUT2D eigenvalue weighted by Crippen LogP contribution is -1.88. The molecule has 1 aromatic rings. The Labute approximate surface area is 121 Å². The molecule has 1 nitrogen and oxygen atoms in total. The number of rotatable bonds is 8. The van der Waals surface area contributed by atoms with E-state index in [0.717, 1.165) is 24.0 Å². The fraction of sp³-hybridized carbons (Fsp3) is 0.444. The van der Waals surface area contributed by atoms with Crippen molar-refractivity contribution in [3.8, 4) is 0 Å². The molecule has 0 aromatic heterocycles. The first-order valence-electron chi connectivity index (χ1n) is 7.40. The number of benzene rings is 1. The van der Waals surface area contributed by atoms with Gasteiger partial charge in [-0.2, -0.15) is 0 Å². The van der Waals surface area contributed by atoms with Gasteiger partial charge in [-0.25, -0.2) is 4.39 Å². The maximum atomic E-state index is 12.9. The van der Waals surface area contributed by atoms with E-state index in [9.17, 15) is 4.39 Å². The summed E-state index contributed by atoms with van der Waals surface area (Å²) in [7, 11) is 0. The van der Waals surface area contributed by atoms with Crippen molar-refractivity contribution in [3.05, 3.63) is 52.9 Å². The van der Waals surface area contributed by atoms with Gasteiger partial charge in [0, 0.05) is 0 Å². The van der Waals surface area contributed by atoms with E-state index in [-0.39, 0.29) is 12.4 Å². The summed E-state index contributed by atoms with van der Waals surface area (Å²) in [6, 6.07) is 6.51. The Balaban J connectivity index is 2.77. The van der Waals surface area contributed by atoms with Crippen LogP contribution in [0.25, 0.3) is 6.08 Å². The lowest BCUT2D eigenvalue weighted by atomic mass is 10.0. The average molecular weight is 276 g/mol. The van der Waals surface area contributed by atoms with E-state index in [1.807, 2.05) is 13.0 Å². The van der Waals surface area contributed by atoms with Crippen molar-refractivity contribution in [1.82, 2.24) is 0 Å². The summed E-state index contributed by atoms with van der Waals surface area (Å²) >= 11 is 0. The molecule has 2 heteroatoms. The van der Waals surface area contributed by atoms with Gasteiger partial charge in [-0.15, -0.1) is 0 Å². The van der Waals surface area contributed by atoms with Gasteiger partial charge >= 0.3 is 0 Å². The number of allylic oxidation sites excluding steroid dienone is 2. The number of aliphatic hydroxyl groups is 1. The molecule has 1 aromatic carbocycles. The van der Waals surface area contributed by atoms with Gasteiger partial charge in [0.15, 0.2) is 0 Å². The maximum absolute atomic E-state index is 12.9. The molecule has 0 spiro atoms. The second-order valence-corrected chi connectivity index (χ2v) is 5.23. The minimum absolute atomic E-state index is 0.0791. The predicted molar refractivity (Wildman–Crippen MR) is 84.0 cm³/mol. The molecule has 0 heterocycles. The smallest absolute Gasteiger partial charge is 0.123 e. The highest BCUT2D eigenvalue weighted by molar-refractivity contribution is 5.56. The standard InChI is InChI=1S/C18H25FO/c1-3-4-5-6-7-17(12-15(2)14-20)13-16-8-10-18(19)11-9-16/h8-13,20H,3-7,14H2,1-2H3/b15-12+,17-13+. The van der Waals surface area contributed by atoms with Crippen molar-refractivity contribution in [2.45, 2.75) is 46.0 Å². The zero-order chi connectivity index (χ0) is 14.8. The van der Waals surface area contributed by atoms with E-state index in [4.69, 9.17) is 5.11 Å². The fourth-order valence-corrected chi connectivity index (χ4v) is 2.08. The third-order valence-electron chi connectivity index (χ3n) is 3.22. The van der Waals surface area contributed by atoms with E-state index in [0.29, 0.717) is 0 Å². The van der Waals surface area contributed by atoms with Gasteiger partial charge in [-0.05, 0) is 48.6 Å². The first-order valence-corrected chi connectivity index (χ1v) is 7.40. The zero-order valence-corrected chi connectivity index (χ0v) is 12.5. The van der Waals surface area contributed by atoms with Crippen molar-refractivity contribution in [3.63, 3.8) is 0 Å². The van der Waals surface area contributed by atoms with Crippen LogP contribution in [0.1, 0.15) is 51.5 Å². The molecule has 0 unspecified atom stereocenters. The fourth-order valence-electron chi connectivity index (χ4n) is 2.08. The highest BCUT2D eigenvalue weighted by Gasteiger charge is 1.98. The van der Waals surface area contributed by atoms with Crippen molar-refractivity contribution >= 4 is 6.08 Å². The van der Waals surface area contributed by atoms with Crippen LogP contribution in [-0.4, -0.2) is 11.7 Å². The summed E-state index contributed by atoms with van der Waals surface area (Å²) < 4.78 is 12.9. The molecule has 0 aliphatic heterocycles. The summed E-state index contributed by atoms with van der Waals surface area (Å²) in [5.74, 6) is -0.214. The maximum Gasteiger partial charge on any atom is 0.123 e. The molecule has 0 fully saturated rings. The third-order valence-corrected chi connectivity index (χ3v) is 3.22. The Morgan fingerprint density at radius 1 is 1.15 bits per heavy atom. The second kappa shape index (κ2) is 9.49. The molecule has 0 bridgehead atoms. The minimum Gasteiger partial charge on any atom is -0.392 e. The van der Waals surface area contributed by atoms with Crippen molar-refractivity contribution in [2.24, 2.45) is 0 Å². The largest absolute Gasteiger partial charge is 0.392 e. The van der Waals surface area contributed by atoms with E-state index in [1.165, 1.54) is 37.0 Å². The molecule has 0 radical (unpaired) electrons. The third kappa shape index (κ3) is 6.67. The summed E-state index contributed by atoms with van der Waals surface area (Å²) in [5, 5.41) is 9.15. The number of hydrogen-bond acceptors (Lipinski definition) is 1. The molecular weight excluding hydrogens is 251 g/mol. The van der Waals surface area contributed by atoms with E-state index >= 15 is 0 Å². The van der Waals surface area contributed by atoms with Crippen molar-refractivity contribution in [1.29, 1.82) is 0 Å². The predicted octanol–water partition coefficient (Wildman–Crippen LogP) is 5.12. The van der Waals surface area contributed by atoms with Crippen molar-refractivity contribution < 1.29 is 9.50 Å². The van der Waals surface area contributed by atoms with Gasteiger partial charge < -0.3 is 5.11 Å². The number of unbranched alkanes of at least 4 members (excludes halogenated alkanes) is 3. The van der Waals surface area contributed by atoms with Gasteiger partial charge in [0.25, 0.3) is 0 Å². The lowest BCUT2D eigenvalue weighted by Gasteiger charge is -2.05. The van der Waals surface area contributed by atoms with Crippen LogP contribution in [0.4, 0.5) is 4.39 Å². The zero-order valence-electron chi connectivity index (χ0n) is 12.5. The number of aliphatic hydroxyl groups excluding tert-OH is 1. The van der Waals surface area contributed by atoms with Gasteiger partial charge in [-0.3, -0.25) is 0 Å². The van der Waals surface area contributed by atoms with Gasteiger partial charge in [0.05, 0.1) is 6.61 Å². The highest BCUT2D eigenvalue weighted by atomic mass is 19.1. The van der Waals surface area contributed by atoms with Crippen LogP contribution in [0.3, 0.4) is 0 Å². The molecule has 0 aliphatic carbocycles. The van der Waals surface area contributed by atoms with Crippen molar-refractivity contribution in [2.75, 3.05) is 6.61 Å². The Kier molecular flexibility index (Phi) is 7.89. The van der Waals surface area contributed by atoms with Crippen LogP contribution in [0.2, 0.25) is 0 Å². The van der Waals surface area contributed by atoms with Crippen LogP contribution in [-0.2, 0) is 0 Å². The van der Waals surface area contributed by atoms with Gasteiger partial charge in [0.1, 0.15) is 5.82 Å². The molecule has 110 valence electrons. The van der Waals surface area contributed by atoms with Crippen LogP contribution >= 0.6 is 0 Å². The van der Waals surface area contributed by atoms with Crippen LogP contribution in [0, 0.1) is 5.82 Å². The monoisotopic (exact) mass is 276 g/mol. The summed E-state index contributed by atoms with van der Waals surface area (Å²) in [5.41, 5.74) is 3.15. The molecule has 0 saturated carbocycles. The molecule has 0 amide bonds. The van der Waals surface area contributed by atoms with E-state index in [2.05, 4.69) is 13.0 Å². The van der Waals surface area contributed by atoms with Crippen LogP contribution in [0.5, 0.6) is 0 Å². The van der Waals surface area contributed by atoms with E-state index in [1.54, 1.807) is 12.1 Å². The molecule has 0 aliphatic rings. The molecule has 1 N–H and O–H groups in total. The first-order chi connectivity index (χ1) is 9.65. The second-order valence-electron chi connectivity index (χ2n) is 5.23. The topological polar surface area (TPSA) is 20.2 Å². The Bertz CT molecular complexity index is 443. The van der Waals surface area contributed by atoms with Gasteiger partial charge in [0.2, 0.25) is 0 Å². The minimum atomic E-state index is -0.214. The quantitative estimate of drug-likeness (QED) is 0.516. The number of hydrogen-bond donors (Lipinski definition) is 1. The average Bonchev–Trinajstić information content (AvgIpc) is 2.45. The Morgan fingerprint density at radius 3 is 2.45 bits per heavy atom. The van der Waals surface area contributed by atoms with Gasteiger partial charge in [-0.1, -0.05) is 50.5 Å². The SMILES string of the molecule is CCCCCCC(/C=C(\C)CO)=C\c1ccc(F)cc1.